The fourth-order valence-electron chi connectivity index (χ4n) is 11.7. The van der Waals surface area contributed by atoms with Crippen molar-refractivity contribution in [2.24, 2.45) is 10.9 Å². The van der Waals surface area contributed by atoms with E-state index < -0.39 is 103 Å². The number of carbonyl (C=O) groups is 10. The minimum atomic E-state index is -3.07. The molecule has 6 amide bonds. The van der Waals surface area contributed by atoms with Crippen molar-refractivity contribution < 1.29 is 86.3 Å². The van der Waals surface area contributed by atoms with E-state index in [2.05, 4.69) is 31.2 Å². The number of carboxylic acids is 3. The largest absolute Gasteiger partial charge is 0.494 e. The van der Waals surface area contributed by atoms with Gasteiger partial charge in [-0.3, -0.25) is 77.5 Å². The Morgan fingerprint density at radius 1 is 0.726 bits per heavy atom. The molecule has 2 aromatic carbocycles. The summed E-state index contributed by atoms with van der Waals surface area (Å²) in [6.45, 7) is 1.61. The molecule has 0 spiro atoms. The summed E-state index contributed by atoms with van der Waals surface area (Å²) < 4.78 is 45.2. The molecule has 3 aromatic rings. The van der Waals surface area contributed by atoms with E-state index in [0.29, 0.717) is 68.5 Å². The molecule has 3 saturated heterocycles. The first-order valence-electron chi connectivity index (χ1n) is 32.3. The Morgan fingerprint density at radius 2 is 1.35 bits per heavy atom. The summed E-state index contributed by atoms with van der Waals surface area (Å²) in [5.74, 6) is -9.86. The van der Waals surface area contributed by atoms with Gasteiger partial charge >= 0.3 is 23.9 Å². The SMILES string of the molecule is CN=C[C@H]1CC(F)(F)CN1C(=O)CNC(=O)c1ccnc2ccc(OCCCCC3CCN(C(=O)[C@H](CC(=O)OC)NC(=O)[C@H](CCOCCNC(=O)CCCc4ccc(C)cc4)NC(=O)CN4CCN(CC(=O)O)CCN(CC(=O)O)CCN(CC(=O)O)CC4)CC3)cc12. The third-order valence-electron chi connectivity index (χ3n) is 16.9. The van der Waals surface area contributed by atoms with Crippen LogP contribution < -0.4 is 26.0 Å². The summed E-state index contributed by atoms with van der Waals surface area (Å²) >= 11 is 0. The van der Waals surface area contributed by atoms with Gasteiger partial charge in [-0.1, -0.05) is 36.2 Å². The van der Waals surface area contributed by atoms with Gasteiger partial charge in [0.1, 0.15) is 17.8 Å². The normalized spacial score (nSPS) is 17.8. The molecule has 0 bridgehead atoms. The number of ether oxygens (including phenoxy) is 3. The van der Waals surface area contributed by atoms with E-state index in [1.54, 1.807) is 42.7 Å². The first-order valence-corrected chi connectivity index (χ1v) is 32.3. The Labute approximate surface area is 551 Å². The average molecular weight is 1340 g/mol. The Bertz CT molecular complexity index is 3070. The van der Waals surface area contributed by atoms with Crippen LogP contribution in [0.5, 0.6) is 5.75 Å². The smallest absolute Gasteiger partial charge is 0.317 e. The molecule has 4 heterocycles. The van der Waals surface area contributed by atoms with E-state index in [-0.39, 0.29) is 122 Å². The number of amides is 6. The summed E-state index contributed by atoms with van der Waals surface area (Å²) in [5, 5.41) is 40.3. The lowest BCUT2D eigenvalue weighted by Crippen LogP contribution is -2.57. The number of hydrogen-bond acceptors (Lipinski definition) is 19. The number of aliphatic imine (C=N–C) groups is 1. The van der Waals surface area contributed by atoms with E-state index in [4.69, 9.17) is 14.2 Å². The molecule has 0 saturated carbocycles. The van der Waals surface area contributed by atoms with Crippen molar-refractivity contribution in [1.29, 1.82) is 0 Å². The van der Waals surface area contributed by atoms with Gasteiger partial charge in [0.05, 0.1) is 83.1 Å². The molecule has 0 radical (unpaired) electrons. The number of pyridine rings is 1. The van der Waals surface area contributed by atoms with Crippen LogP contribution in [0.3, 0.4) is 0 Å². The third-order valence-corrected chi connectivity index (χ3v) is 16.9. The number of carboxylic acid groups (broad SMARTS) is 3. The number of hydrogen-bond donors (Lipinski definition) is 7. The molecule has 6 rings (SSSR count). The van der Waals surface area contributed by atoms with Crippen LogP contribution in [0.2, 0.25) is 0 Å². The lowest BCUT2D eigenvalue weighted by Gasteiger charge is -2.35. The molecule has 3 fully saturated rings. The highest BCUT2D eigenvalue weighted by atomic mass is 19.3. The van der Waals surface area contributed by atoms with Crippen LogP contribution in [0.25, 0.3) is 10.9 Å². The number of unbranched alkanes of at least 4 members (excludes halogenated alkanes) is 1. The number of benzene rings is 2. The number of halogens is 2. The van der Waals surface area contributed by atoms with Gasteiger partial charge < -0.3 is 60.6 Å². The van der Waals surface area contributed by atoms with Crippen molar-refractivity contribution in [1.82, 2.24) is 55.7 Å². The number of carbonyl (C=O) groups excluding carboxylic acids is 7. The van der Waals surface area contributed by atoms with Gasteiger partial charge in [0.15, 0.2) is 0 Å². The first kappa shape index (κ1) is 75.7. The molecule has 7 N–H and O–H groups in total. The monoisotopic (exact) mass is 1330 g/mol. The summed E-state index contributed by atoms with van der Waals surface area (Å²) in [6, 6.07) is 11.1. The number of aryl methyl sites for hydroxylation is 2. The fourth-order valence-corrected chi connectivity index (χ4v) is 11.7. The number of alkyl halides is 2. The topological polar surface area (TPSA) is 352 Å². The van der Waals surface area contributed by atoms with Gasteiger partial charge in [-0.05, 0) is 87.6 Å². The highest BCUT2D eigenvalue weighted by Gasteiger charge is 2.46. The quantitative estimate of drug-likeness (QED) is 0.0253. The second kappa shape index (κ2) is 38.9. The van der Waals surface area contributed by atoms with Gasteiger partial charge in [-0.2, -0.15) is 0 Å². The van der Waals surface area contributed by atoms with Crippen molar-refractivity contribution in [3.63, 3.8) is 0 Å². The Morgan fingerprint density at radius 3 is 1.95 bits per heavy atom. The van der Waals surface area contributed by atoms with E-state index in [1.807, 2.05) is 31.2 Å². The number of aromatic nitrogens is 1. The maximum absolute atomic E-state index is 14.4. The number of rotatable bonds is 34. The Hall–Kier alpha value is -8.32. The minimum absolute atomic E-state index is 0.0652. The molecule has 30 heteroatoms. The summed E-state index contributed by atoms with van der Waals surface area (Å²) in [4.78, 5) is 148. The van der Waals surface area contributed by atoms with Crippen LogP contribution >= 0.6 is 0 Å². The third kappa shape index (κ3) is 26.8. The molecule has 28 nitrogen and oxygen atoms in total. The first-order chi connectivity index (χ1) is 45.5. The van der Waals surface area contributed by atoms with Gasteiger partial charge in [-0.15, -0.1) is 0 Å². The van der Waals surface area contributed by atoms with Crippen molar-refractivity contribution in [3.05, 3.63) is 71.4 Å². The highest BCUT2D eigenvalue weighted by molar-refractivity contribution is 6.07. The van der Waals surface area contributed by atoms with Gasteiger partial charge in [0.25, 0.3) is 11.8 Å². The predicted octanol–water partition coefficient (Wildman–Crippen LogP) is 1.55. The van der Waals surface area contributed by atoms with Crippen LogP contribution in [-0.2, 0) is 59.0 Å². The maximum Gasteiger partial charge on any atom is 0.317 e. The van der Waals surface area contributed by atoms with Crippen molar-refractivity contribution in [2.75, 3.05) is 145 Å². The lowest BCUT2D eigenvalue weighted by atomic mass is 9.91. The average Bonchev–Trinajstić information content (AvgIpc) is 1.65. The Kier molecular flexibility index (Phi) is 31.0. The van der Waals surface area contributed by atoms with Crippen LogP contribution in [0.4, 0.5) is 8.78 Å². The number of likely N-dealkylation sites (tertiary alicyclic amines) is 2. The zero-order chi connectivity index (χ0) is 68.9. The zero-order valence-corrected chi connectivity index (χ0v) is 54.5. The molecule has 522 valence electrons. The number of esters is 1. The maximum atomic E-state index is 14.4. The molecule has 3 aliphatic heterocycles. The minimum Gasteiger partial charge on any atom is -0.494 e. The van der Waals surface area contributed by atoms with Crippen molar-refractivity contribution >= 4 is 76.4 Å². The molecule has 3 atom stereocenters. The van der Waals surface area contributed by atoms with Gasteiger partial charge in [0.2, 0.25) is 29.5 Å². The van der Waals surface area contributed by atoms with Crippen molar-refractivity contribution in [3.8, 4) is 5.75 Å². The molecule has 95 heavy (non-hydrogen) atoms. The lowest BCUT2D eigenvalue weighted by molar-refractivity contribution is -0.147. The number of aliphatic carboxylic acids is 3. The molecule has 0 unspecified atom stereocenters. The van der Waals surface area contributed by atoms with Crippen LogP contribution in [0.1, 0.15) is 85.7 Å². The van der Waals surface area contributed by atoms with Crippen LogP contribution in [-0.4, -0.2) is 285 Å². The number of fused-ring (bicyclic) bond motifs is 1. The molecular formula is C65H92F2N12O16. The van der Waals surface area contributed by atoms with Crippen LogP contribution in [0.15, 0.2) is 59.7 Å². The second-order valence-electron chi connectivity index (χ2n) is 24.2. The second-order valence-corrected chi connectivity index (χ2v) is 24.2. The van der Waals surface area contributed by atoms with Crippen molar-refractivity contribution in [2.45, 2.75) is 102 Å². The van der Waals surface area contributed by atoms with E-state index >= 15 is 0 Å². The summed E-state index contributed by atoms with van der Waals surface area (Å²) in [6.07, 6.45) is 6.76. The number of nitrogens with zero attached hydrogens (tertiary/aromatic N) is 8. The standard InChI is InChI=1S/C65H92F2N12O16/c1-45-10-12-46(13-11-45)8-6-9-55(80)70-21-34-94-33-19-53(72-56(81)40-74-24-26-75(41-58(83)84)28-30-77(43-60(87)88)31-29-76(27-25-74)42-59(85)86)63(91)73-54(36-61(89)93-3)64(92)78-22-17-47(18-23-78)7-4-5-32-95-49-14-15-52-51(35-49)50(16-20-69-52)62(90)71-39-57(82)79-44-65(66,67)37-48(79)38-68-2/h10-16,20,35,38,47-48,53-54H,4-9,17-19,21-34,36-37,39-44H2,1-3H3,(H,70,80)(H,71,90)(H,72,81)(H,73,91)(H,83,84)(H,85,86)(H,87,88)/t48-,53+,54+/m1/s1. The fraction of sp³-hybridized carbons (Fsp3) is 0.600. The highest BCUT2D eigenvalue weighted by Crippen LogP contribution is 2.32. The number of nitrogens with one attached hydrogen (secondary N) is 4. The summed E-state index contributed by atoms with van der Waals surface area (Å²) in [7, 11) is 2.59. The Balaban J connectivity index is 1.03. The van der Waals surface area contributed by atoms with E-state index in [9.17, 15) is 72.0 Å². The van der Waals surface area contributed by atoms with Crippen LogP contribution in [0, 0.1) is 12.8 Å². The summed E-state index contributed by atoms with van der Waals surface area (Å²) in [5.41, 5.74) is 2.98. The molecule has 3 aliphatic rings. The van der Waals surface area contributed by atoms with Gasteiger partial charge in [0, 0.05) is 116 Å². The number of methoxy groups -OCH3 is 1. The van der Waals surface area contributed by atoms with Gasteiger partial charge in [-0.25, -0.2) is 8.78 Å². The molecule has 0 aliphatic carbocycles. The van der Waals surface area contributed by atoms with E-state index in [1.165, 1.54) is 25.5 Å². The molecular weight excluding hydrogens is 1240 g/mol. The number of piperidine rings is 1. The predicted molar refractivity (Wildman–Crippen MR) is 344 cm³/mol. The zero-order valence-electron chi connectivity index (χ0n) is 54.5. The molecule has 1 aromatic heterocycles. The van der Waals surface area contributed by atoms with E-state index in [0.717, 1.165) is 42.4 Å².